The largest absolute Gasteiger partial charge is 0.367 e. The first-order valence-electron chi connectivity index (χ1n) is 5.09. The summed E-state index contributed by atoms with van der Waals surface area (Å²) in [4.78, 5) is 4.23. The van der Waals surface area contributed by atoms with Gasteiger partial charge in [0.1, 0.15) is 11.5 Å². The van der Waals surface area contributed by atoms with Crippen molar-refractivity contribution in [3.8, 4) is 0 Å². The SMILES string of the molecule is CCC(CCl)Nc1cccc2nccn12. The molecule has 4 heteroatoms. The van der Waals surface area contributed by atoms with Crippen molar-refractivity contribution in [1.29, 1.82) is 0 Å². The summed E-state index contributed by atoms with van der Waals surface area (Å²) in [6, 6.07) is 6.31. The molecule has 3 nitrogen and oxygen atoms in total. The van der Waals surface area contributed by atoms with Gasteiger partial charge in [-0.15, -0.1) is 11.6 Å². The summed E-state index contributed by atoms with van der Waals surface area (Å²) in [5.41, 5.74) is 0.949. The molecule has 80 valence electrons. The van der Waals surface area contributed by atoms with Crippen molar-refractivity contribution in [1.82, 2.24) is 9.38 Å². The second kappa shape index (κ2) is 4.53. The summed E-state index contributed by atoms with van der Waals surface area (Å²) in [5, 5.41) is 3.40. The first-order chi connectivity index (χ1) is 7.35. The van der Waals surface area contributed by atoms with Crippen molar-refractivity contribution in [3.63, 3.8) is 0 Å². The maximum atomic E-state index is 5.86. The van der Waals surface area contributed by atoms with Crippen LogP contribution < -0.4 is 5.32 Å². The highest BCUT2D eigenvalue weighted by atomic mass is 35.5. The van der Waals surface area contributed by atoms with Crippen LogP contribution in [0.4, 0.5) is 5.82 Å². The predicted octanol–water partition coefficient (Wildman–Crippen LogP) is 2.76. The van der Waals surface area contributed by atoms with Gasteiger partial charge in [-0.05, 0) is 18.6 Å². The second-order valence-electron chi connectivity index (χ2n) is 3.47. The van der Waals surface area contributed by atoms with Crippen LogP contribution in [-0.2, 0) is 0 Å². The zero-order valence-electron chi connectivity index (χ0n) is 8.65. The number of nitrogens with zero attached hydrogens (tertiary/aromatic N) is 2. The van der Waals surface area contributed by atoms with E-state index in [1.807, 2.05) is 28.8 Å². The number of anilines is 1. The Labute approximate surface area is 94.1 Å². The molecule has 0 aliphatic carbocycles. The highest BCUT2D eigenvalue weighted by Gasteiger charge is 2.06. The Bertz CT molecular complexity index is 434. The molecule has 15 heavy (non-hydrogen) atoms. The number of hydrogen-bond acceptors (Lipinski definition) is 2. The number of fused-ring (bicyclic) bond motifs is 1. The van der Waals surface area contributed by atoms with Crippen LogP contribution >= 0.6 is 11.6 Å². The van der Waals surface area contributed by atoms with Gasteiger partial charge in [-0.1, -0.05) is 13.0 Å². The van der Waals surface area contributed by atoms with Crippen molar-refractivity contribution in [2.24, 2.45) is 0 Å². The van der Waals surface area contributed by atoms with Gasteiger partial charge in [0.2, 0.25) is 0 Å². The van der Waals surface area contributed by atoms with Crippen LogP contribution in [0.15, 0.2) is 30.6 Å². The molecule has 2 aromatic heterocycles. The average Bonchev–Trinajstić information content (AvgIpc) is 2.74. The van der Waals surface area contributed by atoms with E-state index in [0.717, 1.165) is 17.9 Å². The molecule has 0 aliphatic rings. The fraction of sp³-hybridized carbons (Fsp3) is 0.364. The van der Waals surface area contributed by atoms with Crippen molar-refractivity contribution in [2.45, 2.75) is 19.4 Å². The average molecular weight is 224 g/mol. The topological polar surface area (TPSA) is 29.3 Å². The van der Waals surface area contributed by atoms with Crippen LogP contribution in [0, 0.1) is 0 Å². The maximum Gasteiger partial charge on any atom is 0.138 e. The number of hydrogen-bond donors (Lipinski definition) is 1. The van der Waals surface area contributed by atoms with Crippen LogP contribution in [0.25, 0.3) is 5.65 Å². The molecule has 2 heterocycles. The molecule has 0 amide bonds. The van der Waals surface area contributed by atoms with Gasteiger partial charge in [-0.2, -0.15) is 0 Å². The van der Waals surface area contributed by atoms with Crippen LogP contribution in [-0.4, -0.2) is 21.3 Å². The number of rotatable bonds is 4. The minimum Gasteiger partial charge on any atom is -0.367 e. The van der Waals surface area contributed by atoms with Gasteiger partial charge in [0, 0.05) is 24.3 Å². The third kappa shape index (κ3) is 2.07. The first-order valence-corrected chi connectivity index (χ1v) is 5.63. The van der Waals surface area contributed by atoms with E-state index in [1.165, 1.54) is 0 Å². The van der Waals surface area contributed by atoms with E-state index in [1.54, 1.807) is 6.20 Å². The van der Waals surface area contributed by atoms with E-state index in [4.69, 9.17) is 11.6 Å². The molecular weight excluding hydrogens is 210 g/mol. The maximum absolute atomic E-state index is 5.86. The highest BCUT2D eigenvalue weighted by Crippen LogP contribution is 2.13. The van der Waals surface area contributed by atoms with Gasteiger partial charge >= 0.3 is 0 Å². The molecule has 2 rings (SSSR count). The number of halogens is 1. The molecule has 0 saturated heterocycles. The molecule has 0 spiro atoms. The Hall–Kier alpha value is -1.22. The number of aromatic nitrogens is 2. The summed E-state index contributed by atoms with van der Waals surface area (Å²) < 4.78 is 2.02. The molecule has 1 atom stereocenters. The second-order valence-corrected chi connectivity index (χ2v) is 3.78. The lowest BCUT2D eigenvalue weighted by molar-refractivity contribution is 0.763. The van der Waals surface area contributed by atoms with Crippen molar-refractivity contribution in [3.05, 3.63) is 30.6 Å². The van der Waals surface area contributed by atoms with Crippen LogP contribution in [0.1, 0.15) is 13.3 Å². The third-order valence-electron chi connectivity index (χ3n) is 2.46. The number of alkyl halides is 1. The highest BCUT2D eigenvalue weighted by molar-refractivity contribution is 6.18. The van der Waals surface area contributed by atoms with Crippen molar-refractivity contribution < 1.29 is 0 Å². The minimum atomic E-state index is 0.305. The summed E-state index contributed by atoms with van der Waals surface area (Å²) in [7, 11) is 0. The van der Waals surface area contributed by atoms with Crippen LogP contribution in [0.2, 0.25) is 0 Å². The summed E-state index contributed by atoms with van der Waals surface area (Å²) in [5.74, 6) is 1.65. The molecule has 1 unspecified atom stereocenters. The molecule has 0 radical (unpaired) electrons. The van der Waals surface area contributed by atoms with Crippen molar-refractivity contribution in [2.75, 3.05) is 11.2 Å². The smallest absolute Gasteiger partial charge is 0.138 e. The lowest BCUT2D eigenvalue weighted by Gasteiger charge is -2.16. The lowest BCUT2D eigenvalue weighted by atomic mass is 10.2. The first kappa shape index (κ1) is 10.3. The lowest BCUT2D eigenvalue weighted by Crippen LogP contribution is -2.21. The standard InChI is InChI=1S/C11H14ClN3/c1-2-9(8-12)14-11-5-3-4-10-13-6-7-15(10)11/h3-7,9,14H,2,8H2,1H3. The van der Waals surface area contributed by atoms with Gasteiger partial charge in [-0.3, -0.25) is 4.40 Å². The molecule has 2 aromatic rings. The quantitative estimate of drug-likeness (QED) is 0.808. The van der Waals surface area contributed by atoms with Crippen molar-refractivity contribution >= 4 is 23.1 Å². The summed E-state index contributed by atoms with van der Waals surface area (Å²) in [6.45, 7) is 2.12. The zero-order valence-corrected chi connectivity index (χ0v) is 9.41. The van der Waals surface area contributed by atoms with E-state index >= 15 is 0 Å². The Balaban J connectivity index is 2.30. The molecule has 0 saturated carbocycles. The normalized spacial score (nSPS) is 12.9. The van der Waals surface area contributed by atoms with E-state index < -0.39 is 0 Å². The van der Waals surface area contributed by atoms with Gasteiger partial charge in [0.25, 0.3) is 0 Å². The molecular formula is C11H14ClN3. The minimum absolute atomic E-state index is 0.305. The Morgan fingerprint density at radius 3 is 3.13 bits per heavy atom. The molecule has 0 bridgehead atoms. The molecule has 0 aromatic carbocycles. The fourth-order valence-electron chi connectivity index (χ4n) is 1.52. The monoisotopic (exact) mass is 223 g/mol. The van der Waals surface area contributed by atoms with Gasteiger partial charge in [-0.25, -0.2) is 4.98 Å². The fourth-order valence-corrected chi connectivity index (χ4v) is 1.82. The van der Waals surface area contributed by atoms with Gasteiger partial charge in [0.05, 0.1) is 0 Å². The van der Waals surface area contributed by atoms with E-state index in [2.05, 4.69) is 17.2 Å². The van der Waals surface area contributed by atoms with E-state index in [0.29, 0.717) is 11.9 Å². The zero-order chi connectivity index (χ0) is 10.7. The van der Waals surface area contributed by atoms with Crippen LogP contribution in [0.3, 0.4) is 0 Å². The summed E-state index contributed by atoms with van der Waals surface area (Å²) >= 11 is 5.86. The third-order valence-corrected chi connectivity index (χ3v) is 2.83. The Morgan fingerprint density at radius 1 is 1.53 bits per heavy atom. The number of imidazole rings is 1. The predicted molar refractivity (Wildman–Crippen MR) is 63.6 cm³/mol. The van der Waals surface area contributed by atoms with Gasteiger partial charge in [0.15, 0.2) is 0 Å². The number of pyridine rings is 1. The Kier molecular flexibility index (Phi) is 3.11. The molecule has 0 fully saturated rings. The summed E-state index contributed by atoms with van der Waals surface area (Å²) in [6.07, 6.45) is 4.75. The van der Waals surface area contributed by atoms with Gasteiger partial charge < -0.3 is 5.32 Å². The molecule has 1 N–H and O–H groups in total. The van der Waals surface area contributed by atoms with Crippen LogP contribution in [0.5, 0.6) is 0 Å². The Morgan fingerprint density at radius 2 is 2.40 bits per heavy atom. The van der Waals surface area contributed by atoms with E-state index in [9.17, 15) is 0 Å². The van der Waals surface area contributed by atoms with E-state index in [-0.39, 0.29) is 0 Å². The number of nitrogens with one attached hydrogen (secondary N) is 1. The molecule has 0 aliphatic heterocycles.